The fraction of sp³-hybridized carbons (Fsp3) is 0.0909. The summed E-state index contributed by atoms with van der Waals surface area (Å²) in [5.41, 5.74) is 0.859. The molecular formula is C22H17ClNO2P. The van der Waals surface area contributed by atoms with Crippen LogP contribution in [-0.2, 0) is 20.2 Å². The smallest absolute Gasteiger partial charge is 0.260 e. The first kappa shape index (κ1) is 17.9. The monoisotopic (exact) mass is 393 g/mol. The molecule has 1 aliphatic heterocycles. The van der Waals surface area contributed by atoms with E-state index in [0.717, 1.165) is 15.5 Å². The highest BCUT2D eigenvalue weighted by atomic mass is 35.5. The molecule has 134 valence electrons. The summed E-state index contributed by atoms with van der Waals surface area (Å²) in [6.45, 7) is 0. The highest BCUT2D eigenvalue weighted by molar-refractivity contribution is 7.21. The van der Waals surface area contributed by atoms with E-state index in [-0.39, 0.29) is 0 Å². The largest absolute Gasteiger partial charge is 0.272 e. The van der Waals surface area contributed by atoms with Gasteiger partial charge in [-0.3, -0.25) is 9.59 Å². The average molecular weight is 394 g/mol. The lowest BCUT2D eigenvalue weighted by molar-refractivity contribution is -0.133. The van der Waals surface area contributed by atoms with Crippen LogP contribution in [0.4, 0.5) is 0 Å². The van der Waals surface area contributed by atoms with Gasteiger partial charge in [0.1, 0.15) is 10.6 Å². The van der Waals surface area contributed by atoms with Crippen molar-refractivity contribution in [2.24, 2.45) is 0 Å². The van der Waals surface area contributed by atoms with Crippen molar-refractivity contribution in [3.05, 3.63) is 108 Å². The first-order valence-electron chi connectivity index (χ1n) is 8.55. The average Bonchev–Trinajstić information content (AvgIpc) is 2.89. The van der Waals surface area contributed by atoms with E-state index in [9.17, 15) is 9.59 Å². The van der Waals surface area contributed by atoms with Gasteiger partial charge in [-0.05, 0) is 16.7 Å². The van der Waals surface area contributed by atoms with Gasteiger partial charge in [-0.15, -0.1) is 9.24 Å². The standard InChI is InChI=1S/C22H17ClNO2P/c23-24-19(25)21(16-10-4-1-5-11-16,17-12-6-2-7-13-17)22(27,20(24)26)18-14-8-3-9-15-18/h1-15H,27H2. The molecule has 27 heavy (non-hydrogen) atoms. The second-order valence-electron chi connectivity index (χ2n) is 6.55. The molecule has 0 radical (unpaired) electrons. The van der Waals surface area contributed by atoms with Crippen molar-refractivity contribution in [1.82, 2.24) is 4.42 Å². The summed E-state index contributed by atoms with van der Waals surface area (Å²) in [7, 11) is 2.65. The Labute approximate surface area is 165 Å². The molecular weight excluding hydrogens is 377 g/mol. The zero-order chi connectivity index (χ0) is 19.1. The maximum atomic E-state index is 13.6. The van der Waals surface area contributed by atoms with Gasteiger partial charge in [0.25, 0.3) is 11.8 Å². The molecule has 1 fully saturated rings. The zero-order valence-corrected chi connectivity index (χ0v) is 16.3. The number of benzene rings is 3. The normalized spacial score (nSPS) is 21.5. The minimum absolute atomic E-state index is 0.453. The van der Waals surface area contributed by atoms with Crippen molar-refractivity contribution in [3.63, 3.8) is 0 Å². The van der Waals surface area contributed by atoms with Crippen LogP contribution in [0.15, 0.2) is 91.0 Å². The third kappa shape index (κ3) is 2.32. The third-order valence-electron chi connectivity index (χ3n) is 5.25. The Balaban J connectivity index is 2.15. The molecule has 3 nitrogen and oxygen atoms in total. The van der Waals surface area contributed by atoms with Crippen molar-refractivity contribution in [1.29, 1.82) is 0 Å². The molecule has 4 rings (SSSR count). The quantitative estimate of drug-likeness (QED) is 0.378. The number of imide groups is 1. The highest BCUT2D eigenvalue weighted by Gasteiger charge is 2.69. The molecule has 2 atom stereocenters. The molecule has 0 bridgehead atoms. The second kappa shape index (κ2) is 6.60. The van der Waals surface area contributed by atoms with Crippen LogP contribution in [0.25, 0.3) is 0 Å². The Hall–Kier alpha value is -2.48. The second-order valence-corrected chi connectivity index (χ2v) is 7.75. The van der Waals surface area contributed by atoms with Crippen molar-refractivity contribution in [2.45, 2.75) is 10.6 Å². The van der Waals surface area contributed by atoms with Crippen molar-refractivity contribution < 1.29 is 9.59 Å². The summed E-state index contributed by atoms with van der Waals surface area (Å²) in [4.78, 5) is 26.9. The van der Waals surface area contributed by atoms with Gasteiger partial charge >= 0.3 is 0 Å². The molecule has 0 aromatic heterocycles. The molecule has 0 aliphatic carbocycles. The Bertz CT molecular complexity index is 955. The Morgan fingerprint density at radius 2 is 1.00 bits per heavy atom. The van der Waals surface area contributed by atoms with Crippen molar-refractivity contribution in [2.75, 3.05) is 0 Å². The molecule has 1 aliphatic rings. The molecule has 1 heterocycles. The minimum atomic E-state index is -1.29. The summed E-state index contributed by atoms with van der Waals surface area (Å²) < 4.78 is 0.736. The number of hydrogen-bond acceptors (Lipinski definition) is 2. The van der Waals surface area contributed by atoms with Gasteiger partial charge in [0, 0.05) is 11.8 Å². The molecule has 3 aromatic carbocycles. The number of halogens is 1. The highest BCUT2D eigenvalue weighted by Crippen LogP contribution is 2.59. The van der Waals surface area contributed by atoms with Crippen LogP contribution >= 0.6 is 21.0 Å². The number of carbonyl (C=O) groups excluding carboxylic acids is 2. The van der Waals surface area contributed by atoms with E-state index < -0.39 is 22.4 Å². The van der Waals surface area contributed by atoms with Crippen LogP contribution in [0.5, 0.6) is 0 Å². The maximum absolute atomic E-state index is 13.6. The van der Waals surface area contributed by atoms with Crippen LogP contribution in [-0.4, -0.2) is 16.2 Å². The Morgan fingerprint density at radius 3 is 1.41 bits per heavy atom. The minimum Gasteiger partial charge on any atom is -0.272 e. The van der Waals surface area contributed by atoms with Crippen LogP contribution in [0.3, 0.4) is 0 Å². The van der Waals surface area contributed by atoms with Gasteiger partial charge < -0.3 is 0 Å². The molecule has 0 N–H and O–H groups in total. The predicted octanol–water partition coefficient (Wildman–Crippen LogP) is 4.27. The van der Waals surface area contributed by atoms with Gasteiger partial charge in [0.15, 0.2) is 0 Å². The van der Waals surface area contributed by atoms with E-state index >= 15 is 0 Å². The SMILES string of the molecule is O=C1N(Cl)C(=O)C(c2ccccc2)(c2ccccc2)C1(P)c1ccccc1. The fourth-order valence-corrected chi connectivity index (χ4v) is 5.13. The number of hydrogen-bond donors (Lipinski definition) is 0. The van der Waals surface area contributed by atoms with E-state index in [0.29, 0.717) is 5.56 Å². The lowest BCUT2D eigenvalue weighted by atomic mass is 9.64. The molecule has 3 aromatic rings. The number of carbonyl (C=O) groups is 2. The zero-order valence-electron chi connectivity index (χ0n) is 14.4. The fourth-order valence-electron chi connectivity index (χ4n) is 4.01. The molecule has 5 heteroatoms. The maximum Gasteiger partial charge on any atom is 0.260 e. The molecule has 2 unspecified atom stereocenters. The molecule has 0 saturated carbocycles. The van der Waals surface area contributed by atoms with Crippen molar-refractivity contribution in [3.8, 4) is 0 Å². The Kier molecular flexibility index (Phi) is 4.38. The third-order valence-corrected chi connectivity index (χ3v) is 6.57. The van der Waals surface area contributed by atoms with E-state index in [1.165, 1.54) is 0 Å². The summed E-state index contributed by atoms with van der Waals surface area (Å²) in [6.07, 6.45) is 0. The lowest BCUT2D eigenvalue weighted by Gasteiger charge is -2.40. The van der Waals surface area contributed by atoms with Gasteiger partial charge in [-0.2, -0.15) is 4.42 Å². The molecule has 1 saturated heterocycles. The first-order chi connectivity index (χ1) is 13.0. The number of amides is 2. The Morgan fingerprint density at radius 1 is 0.630 bits per heavy atom. The van der Waals surface area contributed by atoms with Crippen LogP contribution in [0, 0.1) is 0 Å². The lowest BCUT2D eigenvalue weighted by Crippen LogP contribution is -2.48. The van der Waals surface area contributed by atoms with Crippen LogP contribution in [0.1, 0.15) is 16.7 Å². The van der Waals surface area contributed by atoms with Gasteiger partial charge in [0.05, 0.1) is 0 Å². The summed E-state index contributed by atoms with van der Waals surface area (Å²) >= 11 is 6.25. The van der Waals surface area contributed by atoms with Gasteiger partial charge in [-0.25, -0.2) is 0 Å². The topological polar surface area (TPSA) is 37.4 Å². The van der Waals surface area contributed by atoms with E-state index in [4.69, 9.17) is 11.8 Å². The predicted molar refractivity (Wildman–Crippen MR) is 109 cm³/mol. The van der Waals surface area contributed by atoms with E-state index in [1.807, 2.05) is 91.0 Å². The van der Waals surface area contributed by atoms with Gasteiger partial charge in [0.2, 0.25) is 0 Å². The van der Waals surface area contributed by atoms with E-state index in [2.05, 4.69) is 9.24 Å². The van der Waals surface area contributed by atoms with Crippen LogP contribution in [0.2, 0.25) is 0 Å². The number of nitrogens with zero attached hydrogens (tertiary/aromatic N) is 1. The molecule has 0 spiro atoms. The van der Waals surface area contributed by atoms with Gasteiger partial charge in [-0.1, -0.05) is 91.0 Å². The van der Waals surface area contributed by atoms with Crippen molar-refractivity contribution >= 4 is 32.8 Å². The number of rotatable bonds is 3. The van der Waals surface area contributed by atoms with Crippen LogP contribution < -0.4 is 0 Å². The van der Waals surface area contributed by atoms with E-state index in [1.54, 1.807) is 0 Å². The summed E-state index contributed by atoms with van der Waals surface area (Å²) in [5.74, 6) is -0.913. The summed E-state index contributed by atoms with van der Waals surface area (Å²) in [6, 6.07) is 28.0. The molecule has 2 amide bonds. The summed E-state index contributed by atoms with van der Waals surface area (Å²) in [5, 5.41) is -1.27. The first-order valence-corrected chi connectivity index (χ1v) is 9.46.